The smallest absolute Gasteiger partial charge is 0.0832 e. The first kappa shape index (κ1) is 25.1. The normalized spacial score (nSPS) is 45.3. The average molecular weight is 465 g/mol. The van der Waals surface area contributed by atoms with E-state index in [2.05, 4.69) is 47.6 Å². The highest BCUT2D eigenvalue weighted by molar-refractivity contribution is 6.20. The third-order valence-corrected chi connectivity index (χ3v) is 11.8. The summed E-state index contributed by atoms with van der Waals surface area (Å²) in [6, 6.07) is 0. The van der Waals surface area contributed by atoms with Gasteiger partial charge in [0.1, 0.15) is 0 Å². The summed E-state index contributed by atoms with van der Waals surface area (Å²) < 4.78 is 0. The molecule has 11 atom stereocenters. The zero-order valence-electron chi connectivity index (χ0n) is 21.5. The first-order valence-corrected chi connectivity index (χ1v) is 14.2. The molecule has 0 aromatic heterocycles. The molecule has 0 amide bonds. The van der Waals surface area contributed by atoms with Gasteiger partial charge in [-0.15, -0.1) is 11.6 Å². The quantitative estimate of drug-likeness (QED) is 0.322. The molecular weight excluding hydrogens is 416 g/mol. The van der Waals surface area contributed by atoms with Crippen LogP contribution < -0.4 is 0 Å². The van der Waals surface area contributed by atoms with Gasteiger partial charge in [-0.05, 0) is 104 Å². The molecule has 4 rings (SSSR count). The van der Waals surface area contributed by atoms with Crippen molar-refractivity contribution in [3.63, 3.8) is 0 Å². The van der Waals surface area contributed by atoms with Gasteiger partial charge in [-0.25, -0.2) is 0 Å². The lowest BCUT2D eigenvalue weighted by molar-refractivity contribution is -0.0977. The highest BCUT2D eigenvalue weighted by Crippen LogP contribution is 2.67. The summed E-state index contributed by atoms with van der Waals surface area (Å²) in [6.45, 7) is 13.8. The van der Waals surface area contributed by atoms with Crippen molar-refractivity contribution in [2.24, 2.45) is 52.3 Å². The maximum absolute atomic E-state index is 11.3. The van der Waals surface area contributed by atoms with Crippen LogP contribution in [0.25, 0.3) is 0 Å². The molecule has 2 N–H and O–H groups in total. The SMILES string of the molecule is CC[C@@H](C(C)C)[C@H](O)[C@@H](O)[C@@H](C)[C@H]1CC[C@H]2[C@@H]3CC=C4C[C@@H](Cl)CC[C@]4(C)[C@H]3CC[C@]12C. The van der Waals surface area contributed by atoms with Crippen molar-refractivity contribution in [3.8, 4) is 0 Å². The van der Waals surface area contributed by atoms with E-state index in [0.29, 0.717) is 28.0 Å². The van der Waals surface area contributed by atoms with Crippen LogP contribution in [0.15, 0.2) is 11.6 Å². The molecule has 0 radical (unpaired) electrons. The maximum Gasteiger partial charge on any atom is 0.0832 e. The number of alkyl halides is 1. The van der Waals surface area contributed by atoms with Crippen LogP contribution in [0.4, 0.5) is 0 Å². The molecule has 0 aliphatic heterocycles. The highest BCUT2D eigenvalue weighted by Gasteiger charge is 2.59. The van der Waals surface area contributed by atoms with E-state index in [-0.39, 0.29) is 11.8 Å². The summed E-state index contributed by atoms with van der Waals surface area (Å²) in [7, 11) is 0. The molecule has 184 valence electrons. The van der Waals surface area contributed by atoms with Gasteiger partial charge in [0.15, 0.2) is 0 Å². The Morgan fingerprint density at radius 2 is 1.72 bits per heavy atom. The van der Waals surface area contributed by atoms with Crippen molar-refractivity contribution in [2.45, 2.75) is 117 Å². The van der Waals surface area contributed by atoms with Crippen LogP contribution in [0.2, 0.25) is 0 Å². The molecule has 0 saturated heterocycles. The third-order valence-electron chi connectivity index (χ3n) is 11.4. The van der Waals surface area contributed by atoms with E-state index < -0.39 is 12.2 Å². The van der Waals surface area contributed by atoms with Crippen LogP contribution in [-0.4, -0.2) is 27.8 Å². The number of fused-ring (bicyclic) bond motifs is 5. The van der Waals surface area contributed by atoms with Gasteiger partial charge in [0.2, 0.25) is 0 Å². The van der Waals surface area contributed by atoms with Gasteiger partial charge in [0, 0.05) is 5.38 Å². The zero-order chi connectivity index (χ0) is 23.4. The lowest BCUT2D eigenvalue weighted by Crippen LogP contribution is -2.52. The molecule has 4 aliphatic carbocycles. The van der Waals surface area contributed by atoms with Gasteiger partial charge >= 0.3 is 0 Å². The predicted octanol–water partition coefficient (Wildman–Crippen LogP) is 7.21. The van der Waals surface area contributed by atoms with Crippen molar-refractivity contribution in [2.75, 3.05) is 0 Å². The fraction of sp³-hybridized carbons (Fsp3) is 0.931. The first-order valence-electron chi connectivity index (χ1n) is 13.7. The summed E-state index contributed by atoms with van der Waals surface area (Å²) in [4.78, 5) is 0. The number of aliphatic hydroxyl groups excluding tert-OH is 2. The van der Waals surface area contributed by atoms with Gasteiger partial charge in [-0.3, -0.25) is 0 Å². The van der Waals surface area contributed by atoms with Crippen molar-refractivity contribution in [1.29, 1.82) is 0 Å². The number of halogens is 1. The number of allylic oxidation sites excluding steroid dienone is 2. The lowest BCUT2D eigenvalue weighted by Gasteiger charge is -2.58. The van der Waals surface area contributed by atoms with E-state index in [4.69, 9.17) is 11.6 Å². The molecule has 4 aliphatic rings. The zero-order valence-corrected chi connectivity index (χ0v) is 22.2. The molecule has 3 heteroatoms. The molecule has 3 saturated carbocycles. The monoisotopic (exact) mass is 464 g/mol. The Balaban J connectivity index is 1.53. The van der Waals surface area contributed by atoms with E-state index in [1.165, 1.54) is 44.9 Å². The van der Waals surface area contributed by atoms with E-state index in [0.717, 1.165) is 30.6 Å². The molecule has 0 aromatic carbocycles. The molecule has 3 fully saturated rings. The van der Waals surface area contributed by atoms with Gasteiger partial charge < -0.3 is 10.2 Å². The van der Waals surface area contributed by atoms with E-state index in [9.17, 15) is 10.2 Å². The van der Waals surface area contributed by atoms with Crippen LogP contribution in [0, 0.1) is 52.3 Å². The Morgan fingerprint density at radius 1 is 1.00 bits per heavy atom. The summed E-state index contributed by atoms with van der Waals surface area (Å²) in [5, 5.41) is 22.7. The topological polar surface area (TPSA) is 40.5 Å². The van der Waals surface area contributed by atoms with Crippen molar-refractivity contribution in [1.82, 2.24) is 0 Å². The fourth-order valence-electron chi connectivity index (χ4n) is 9.43. The minimum atomic E-state index is -0.616. The minimum Gasteiger partial charge on any atom is -0.390 e. The number of hydrogen-bond acceptors (Lipinski definition) is 2. The summed E-state index contributed by atoms with van der Waals surface area (Å²) in [5.41, 5.74) is 2.32. The van der Waals surface area contributed by atoms with Crippen LogP contribution in [0.1, 0.15) is 99.3 Å². The Labute approximate surface area is 202 Å². The standard InChI is InChI=1S/C29H49ClO2/c1-7-21(17(2)3)27(32)26(31)18(4)23-10-11-24-22-9-8-19-16-20(30)12-14-28(19,5)25(22)13-15-29(23,24)6/h8,17-18,20-27,31-32H,7,9-16H2,1-6H3/t18-,20-,21-,22-,23+,24-,25-,26-,27-,28-,29+/m0/s1. The van der Waals surface area contributed by atoms with Crippen LogP contribution >= 0.6 is 11.6 Å². The Hall–Kier alpha value is -0.0500. The van der Waals surface area contributed by atoms with Crippen LogP contribution in [0.3, 0.4) is 0 Å². The Kier molecular flexibility index (Phi) is 7.20. The van der Waals surface area contributed by atoms with Gasteiger partial charge in [0.25, 0.3) is 0 Å². The molecule has 0 unspecified atom stereocenters. The van der Waals surface area contributed by atoms with E-state index >= 15 is 0 Å². The molecule has 32 heavy (non-hydrogen) atoms. The van der Waals surface area contributed by atoms with E-state index in [1.807, 2.05) is 0 Å². The second-order valence-electron chi connectivity index (χ2n) is 13.0. The Bertz CT molecular complexity index is 703. The van der Waals surface area contributed by atoms with E-state index in [1.54, 1.807) is 5.57 Å². The third kappa shape index (κ3) is 3.93. The predicted molar refractivity (Wildman–Crippen MR) is 135 cm³/mol. The van der Waals surface area contributed by atoms with Crippen LogP contribution in [-0.2, 0) is 0 Å². The van der Waals surface area contributed by atoms with Crippen molar-refractivity contribution >= 4 is 11.6 Å². The molecule has 0 heterocycles. The van der Waals surface area contributed by atoms with Gasteiger partial charge in [0.05, 0.1) is 12.2 Å². The Morgan fingerprint density at radius 3 is 2.38 bits per heavy atom. The molecule has 0 bridgehead atoms. The second-order valence-corrected chi connectivity index (χ2v) is 13.6. The van der Waals surface area contributed by atoms with Crippen LogP contribution in [0.5, 0.6) is 0 Å². The molecule has 0 spiro atoms. The largest absolute Gasteiger partial charge is 0.390 e. The minimum absolute atomic E-state index is 0.154. The number of rotatable bonds is 6. The van der Waals surface area contributed by atoms with Gasteiger partial charge in [-0.2, -0.15) is 0 Å². The summed E-state index contributed by atoms with van der Waals surface area (Å²) in [5.74, 6) is 3.58. The average Bonchev–Trinajstić information content (AvgIpc) is 3.10. The van der Waals surface area contributed by atoms with Gasteiger partial charge in [-0.1, -0.05) is 59.6 Å². The summed E-state index contributed by atoms with van der Waals surface area (Å²) >= 11 is 6.56. The second kappa shape index (κ2) is 9.19. The summed E-state index contributed by atoms with van der Waals surface area (Å²) in [6.07, 6.45) is 12.2. The molecule has 0 aromatic rings. The van der Waals surface area contributed by atoms with Crippen molar-refractivity contribution < 1.29 is 10.2 Å². The maximum atomic E-state index is 11.3. The lowest BCUT2D eigenvalue weighted by atomic mass is 9.47. The number of aliphatic hydroxyl groups is 2. The first-order chi connectivity index (χ1) is 15.0. The van der Waals surface area contributed by atoms with Crippen molar-refractivity contribution in [3.05, 3.63) is 11.6 Å². The highest BCUT2D eigenvalue weighted by atomic mass is 35.5. The molecular formula is C29H49ClO2. The fourth-order valence-corrected chi connectivity index (χ4v) is 9.71. The number of hydrogen-bond donors (Lipinski definition) is 2. The molecule has 2 nitrogen and oxygen atoms in total.